The van der Waals surface area contributed by atoms with Gasteiger partial charge in [0.2, 0.25) is 0 Å². The molecule has 6 nitrogen and oxygen atoms in total. The van der Waals surface area contributed by atoms with Crippen LogP contribution in [0.15, 0.2) is 65.1 Å². The smallest absolute Gasteiger partial charge is 0.291 e. The summed E-state index contributed by atoms with van der Waals surface area (Å²) in [5.74, 6) is 2.10. The van der Waals surface area contributed by atoms with E-state index in [2.05, 4.69) is 20.5 Å². The van der Waals surface area contributed by atoms with E-state index in [4.69, 9.17) is 4.42 Å². The Morgan fingerprint density at radius 3 is 2.45 bits per heavy atom. The molecule has 0 atom stereocenters. The van der Waals surface area contributed by atoms with Crippen LogP contribution in [0, 0.1) is 5.82 Å². The number of nitrogens with zero attached hydrogens (tertiary/aromatic N) is 2. The number of rotatable bonds is 5. The molecule has 4 aromatic rings. The Hall–Kier alpha value is -3.74. The highest BCUT2D eigenvalue weighted by atomic mass is 19.1. The van der Waals surface area contributed by atoms with Gasteiger partial charge in [-0.15, -0.1) is 0 Å². The van der Waals surface area contributed by atoms with Crippen LogP contribution in [0.3, 0.4) is 0 Å². The lowest BCUT2D eigenvalue weighted by Crippen LogP contribution is -2.10. The van der Waals surface area contributed by atoms with Crippen LogP contribution < -0.4 is 5.32 Å². The monoisotopic (exact) mass is 388 g/mol. The topological polar surface area (TPSA) is 83.8 Å². The van der Waals surface area contributed by atoms with Gasteiger partial charge in [-0.05, 0) is 73.5 Å². The van der Waals surface area contributed by atoms with Crippen molar-refractivity contribution in [3.05, 3.63) is 78.1 Å². The minimum atomic E-state index is -0.361. The Bertz CT molecular complexity index is 1160. The van der Waals surface area contributed by atoms with Crippen LogP contribution in [0.25, 0.3) is 22.7 Å². The second-order valence-corrected chi connectivity index (χ2v) is 7.02. The first-order valence-electron chi connectivity index (χ1n) is 9.35. The number of hydrogen-bond donors (Lipinski definition) is 2. The number of benzene rings is 2. The van der Waals surface area contributed by atoms with Crippen molar-refractivity contribution in [2.24, 2.45) is 0 Å². The van der Waals surface area contributed by atoms with Gasteiger partial charge in [-0.25, -0.2) is 9.37 Å². The number of halogens is 1. The summed E-state index contributed by atoms with van der Waals surface area (Å²) < 4.78 is 18.7. The summed E-state index contributed by atoms with van der Waals surface area (Å²) in [5.41, 5.74) is 2.21. The maximum atomic E-state index is 13.0. The highest BCUT2D eigenvalue weighted by Crippen LogP contribution is 2.38. The van der Waals surface area contributed by atoms with E-state index in [1.54, 1.807) is 36.4 Å². The second-order valence-electron chi connectivity index (χ2n) is 7.02. The summed E-state index contributed by atoms with van der Waals surface area (Å²) in [6.45, 7) is 0. The maximum absolute atomic E-state index is 13.0. The number of anilines is 1. The largest absolute Gasteiger partial charge is 0.451 e. The van der Waals surface area contributed by atoms with Crippen molar-refractivity contribution in [1.82, 2.24) is 15.2 Å². The van der Waals surface area contributed by atoms with Crippen LogP contribution in [0.1, 0.15) is 35.1 Å². The van der Waals surface area contributed by atoms with E-state index < -0.39 is 0 Å². The molecule has 1 saturated carbocycles. The third-order valence-electron chi connectivity index (χ3n) is 4.83. The summed E-state index contributed by atoms with van der Waals surface area (Å²) in [6.07, 6.45) is 2.32. The zero-order valence-corrected chi connectivity index (χ0v) is 15.4. The van der Waals surface area contributed by atoms with Crippen molar-refractivity contribution >= 4 is 11.6 Å². The third-order valence-corrected chi connectivity index (χ3v) is 4.83. The van der Waals surface area contributed by atoms with Gasteiger partial charge in [0.15, 0.2) is 11.6 Å². The molecule has 1 aliphatic rings. The van der Waals surface area contributed by atoms with Gasteiger partial charge in [0, 0.05) is 22.7 Å². The Morgan fingerprint density at radius 2 is 1.72 bits per heavy atom. The number of carbonyl (C=O) groups excluding carboxylic acids is 1. The van der Waals surface area contributed by atoms with E-state index in [1.807, 2.05) is 12.1 Å². The van der Waals surface area contributed by atoms with Crippen LogP contribution >= 0.6 is 0 Å². The first-order chi connectivity index (χ1) is 14.2. The standard InChI is InChI=1S/C22H17FN4O2/c23-16-7-3-13(4-8-16)18-11-12-19(29-18)22(28)24-17-9-5-15(6-10-17)21-25-20(26-27-21)14-1-2-14/h3-12,14H,1-2H2,(H,24,28)(H,25,26,27). The van der Waals surface area contributed by atoms with Crippen molar-refractivity contribution in [3.8, 4) is 22.7 Å². The van der Waals surface area contributed by atoms with Gasteiger partial charge >= 0.3 is 0 Å². The van der Waals surface area contributed by atoms with Crippen LogP contribution in [0.4, 0.5) is 10.1 Å². The minimum Gasteiger partial charge on any atom is -0.451 e. The summed E-state index contributed by atoms with van der Waals surface area (Å²) in [4.78, 5) is 17.0. The number of amides is 1. The van der Waals surface area contributed by atoms with Gasteiger partial charge in [-0.2, -0.15) is 5.10 Å². The maximum Gasteiger partial charge on any atom is 0.291 e. The van der Waals surface area contributed by atoms with Crippen LogP contribution in [-0.4, -0.2) is 21.1 Å². The SMILES string of the molecule is O=C(Nc1ccc(-c2n[nH]c(C3CC3)n2)cc1)c1ccc(-c2ccc(F)cc2)o1. The molecule has 0 unspecified atom stereocenters. The van der Waals surface area contributed by atoms with Crippen molar-refractivity contribution in [3.63, 3.8) is 0 Å². The van der Waals surface area contributed by atoms with E-state index in [0.717, 1.165) is 24.2 Å². The number of hydrogen-bond acceptors (Lipinski definition) is 4. The Labute approximate surface area is 165 Å². The van der Waals surface area contributed by atoms with Gasteiger partial charge in [-0.3, -0.25) is 9.89 Å². The predicted octanol–water partition coefficient (Wildman–Crippen LogP) is 5.00. The average molecular weight is 388 g/mol. The molecule has 1 fully saturated rings. The quantitative estimate of drug-likeness (QED) is 0.504. The second kappa shape index (κ2) is 7.01. The number of H-pyrrole nitrogens is 1. The molecule has 2 aromatic carbocycles. The van der Waals surface area contributed by atoms with Gasteiger partial charge < -0.3 is 9.73 Å². The van der Waals surface area contributed by atoms with Crippen LogP contribution in [-0.2, 0) is 0 Å². The molecule has 0 aliphatic heterocycles. The van der Waals surface area contributed by atoms with E-state index >= 15 is 0 Å². The summed E-state index contributed by atoms with van der Waals surface area (Å²) in [7, 11) is 0. The number of aromatic nitrogens is 3. The molecule has 1 amide bonds. The molecule has 7 heteroatoms. The molecule has 1 aliphatic carbocycles. The Kier molecular flexibility index (Phi) is 4.20. The molecule has 0 radical (unpaired) electrons. The van der Waals surface area contributed by atoms with Crippen molar-refractivity contribution in [2.45, 2.75) is 18.8 Å². The molecule has 0 saturated heterocycles. The number of furan rings is 1. The van der Waals surface area contributed by atoms with Crippen molar-refractivity contribution < 1.29 is 13.6 Å². The van der Waals surface area contributed by atoms with Gasteiger partial charge in [0.1, 0.15) is 17.4 Å². The summed E-state index contributed by atoms with van der Waals surface area (Å²) in [6, 6.07) is 16.5. The van der Waals surface area contributed by atoms with Crippen molar-refractivity contribution in [2.75, 3.05) is 5.32 Å². The fourth-order valence-electron chi connectivity index (χ4n) is 3.07. The number of nitrogens with one attached hydrogen (secondary N) is 2. The van der Waals surface area contributed by atoms with Gasteiger partial charge in [0.25, 0.3) is 5.91 Å². The molecule has 5 rings (SSSR count). The Morgan fingerprint density at radius 1 is 1.00 bits per heavy atom. The molecule has 2 N–H and O–H groups in total. The third kappa shape index (κ3) is 3.67. The molecule has 0 bridgehead atoms. The summed E-state index contributed by atoms with van der Waals surface area (Å²) in [5, 5.41) is 10.1. The molecule has 2 heterocycles. The lowest BCUT2D eigenvalue weighted by molar-refractivity contribution is 0.0997. The van der Waals surface area contributed by atoms with Gasteiger partial charge in [-0.1, -0.05) is 0 Å². The van der Waals surface area contributed by atoms with E-state index in [0.29, 0.717) is 28.8 Å². The predicted molar refractivity (Wildman–Crippen MR) is 106 cm³/mol. The van der Waals surface area contributed by atoms with E-state index in [-0.39, 0.29) is 17.5 Å². The molecule has 144 valence electrons. The highest BCUT2D eigenvalue weighted by molar-refractivity contribution is 6.02. The Balaban J connectivity index is 1.27. The van der Waals surface area contributed by atoms with Gasteiger partial charge in [0.05, 0.1) is 0 Å². The van der Waals surface area contributed by atoms with E-state index in [1.165, 1.54) is 12.1 Å². The van der Waals surface area contributed by atoms with E-state index in [9.17, 15) is 9.18 Å². The molecular weight excluding hydrogens is 371 g/mol. The first kappa shape index (κ1) is 17.4. The first-order valence-corrected chi connectivity index (χ1v) is 9.35. The van der Waals surface area contributed by atoms with Crippen LogP contribution in [0.5, 0.6) is 0 Å². The lowest BCUT2D eigenvalue weighted by Gasteiger charge is -2.04. The fraction of sp³-hybridized carbons (Fsp3) is 0.136. The molecule has 2 aromatic heterocycles. The van der Waals surface area contributed by atoms with Crippen LogP contribution in [0.2, 0.25) is 0 Å². The minimum absolute atomic E-state index is 0.177. The fourth-order valence-corrected chi connectivity index (χ4v) is 3.07. The van der Waals surface area contributed by atoms with Crippen molar-refractivity contribution in [1.29, 1.82) is 0 Å². The average Bonchev–Trinajstić information content (AvgIpc) is 3.26. The molecular formula is C22H17FN4O2. The zero-order chi connectivity index (χ0) is 19.8. The number of aromatic amines is 1. The zero-order valence-electron chi connectivity index (χ0n) is 15.4. The molecule has 29 heavy (non-hydrogen) atoms. The number of carbonyl (C=O) groups is 1. The highest BCUT2D eigenvalue weighted by Gasteiger charge is 2.27. The molecule has 0 spiro atoms. The summed E-state index contributed by atoms with van der Waals surface area (Å²) >= 11 is 0. The lowest BCUT2D eigenvalue weighted by atomic mass is 10.2. The normalized spacial score (nSPS) is 13.4.